The van der Waals surface area contributed by atoms with Crippen molar-refractivity contribution in [3.63, 3.8) is 0 Å². The molecule has 1 aliphatic heterocycles. The predicted molar refractivity (Wildman–Crippen MR) is 74.5 cm³/mol. The molecule has 0 aromatic carbocycles. The normalized spacial score (nSPS) is 17.5. The molecule has 21 heavy (non-hydrogen) atoms. The molecule has 0 amide bonds. The maximum atomic E-state index is 11.1. The number of aromatic carboxylic acids is 1. The van der Waals surface area contributed by atoms with Gasteiger partial charge in [-0.05, 0) is 25.7 Å². The van der Waals surface area contributed by atoms with Crippen LogP contribution in [0.5, 0.6) is 0 Å². The van der Waals surface area contributed by atoms with E-state index in [-0.39, 0.29) is 17.6 Å². The van der Waals surface area contributed by atoms with E-state index in [1.165, 1.54) is 6.07 Å². The molecule has 2 heterocycles. The lowest BCUT2D eigenvalue weighted by molar-refractivity contribution is -0.385. The van der Waals surface area contributed by atoms with Gasteiger partial charge in [-0.3, -0.25) is 10.1 Å². The Morgan fingerprint density at radius 3 is 2.62 bits per heavy atom. The molecule has 0 bridgehead atoms. The summed E-state index contributed by atoms with van der Waals surface area (Å²) < 4.78 is 0. The summed E-state index contributed by atoms with van der Waals surface area (Å²) >= 11 is 0. The van der Waals surface area contributed by atoms with E-state index in [1.807, 2.05) is 4.90 Å². The average molecular weight is 295 g/mol. The third-order valence-corrected chi connectivity index (χ3v) is 3.84. The Bertz CT molecular complexity index is 553. The van der Waals surface area contributed by atoms with Gasteiger partial charge in [-0.25, -0.2) is 9.78 Å². The van der Waals surface area contributed by atoms with Crippen LogP contribution in [0.4, 0.5) is 11.5 Å². The van der Waals surface area contributed by atoms with Gasteiger partial charge in [0, 0.05) is 19.2 Å². The van der Waals surface area contributed by atoms with Gasteiger partial charge in [0.1, 0.15) is 17.6 Å². The zero-order valence-corrected chi connectivity index (χ0v) is 11.6. The van der Waals surface area contributed by atoms with E-state index in [1.54, 1.807) is 6.92 Å². The number of anilines is 1. The van der Waals surface area contributed by atoms with E-state index in [9.17, 15) is 20.0 Å². The summed E-state index contributed by atoms with van der Waals surface area (Å²) in [6.07, 6.45) is 2.17. The van der Waals surface area contributed by atoms with E-state index in [0.29, 0.717) is 18.9 Å². The number of nitro groups is 1. The first-order valence-corrected chi connectivity index (χ1v) is 6.71. The van der Waals surface area contributed by atoms with E-state index in [4.69, 9.17) is 5.11 Å². The lowest BCUT2D eigenvalue weighted by Gasteiger charge is -2.34. The molecule has 2 N–H and O–H groups in total. The Hall–Kier alpha value is -2.22. The molecule has 0 aliphatic carbocycles. The first-order valence-electron chi connectivity index (χ1n) is 6.71. The smallest absolute Gasteiger partial charge is 0.342 e. The Morgan fingerprint density at radius 1 is 1.52 bits per heavy atom. The fourth-order valence-electron chi connectivity index (χ4n) is 2.54. The van der Waals surface area contributed by atoms with Crippen molar-refractivity contribution in [1.82, 2.24) is 4.98 Å². The minimum Gasteiger partial charge on any atom is -0.477 e. The second kappa shape index (κ2) is 6.04. The summed E-state index contributed by atoms with van der Waals surface area (Å²) in [6, 6.07) is 1.24. The van der Waals surface area contributed by atoms with Crippen molar-refractivity contribution in [3.05, 3.63) is 27.9 Å². The topological polar surface area (TPSA) is 117 Å². The first-order chi connectivity index (χ1) is 9.90. The van der Waals surface area contributed by atoms with Gasteiger partial charge in [0.15, 0.2) is 0 Å². The van der Waals surface area contributed by atoms with Crippen LogP contribution in [-0.2, 0) is 0 Å². The van der Waals surface area contributed by atoms with Crippen LogP contribution >= 0.6 is 0 Å². The summed E-state index contributed by atoms with van der Waals surface area (Å²) in [5, 5.41) is 29.4. The number of aromatic nitrogens is 1. The Balaban J connectivity index is 2.20. The van der Waals surface area contributed by atoms with Gasteiger partial charge in [-0.1, -0.05) is 0 Å². The van der Waals surface area contributed by atoms with Gasteiger partial charge < -0.3 is 15.1 Å². The zero-order chi connectivity index (χ0) is 15.6. The molecule has 1 atom stereocenters. The van der Waals surface area contributed by atoms with Gasteiger partial charge in [0.2, 0.25) is 0 Å². The number of hydrogen-bond donors (Lipinski definition) is 2. The van der Waals surface area contributed by atoms with Crippen LogP contribution in [0.1, 0.15) is 30.1 Å². The molecule has 0 spiro atoms. The third kappa shape index (κ3) is 3.27. The minimum atomic E-state index is -1.34. The Kier molecular flexibility index (Phi) is 4.37. The number of piperidine rings is 1. The fourth-order valence-corrected chi connectivity index (χ4v) is 2.54. The number of nitrogens with zero attached hydrogens (tertiary/aromatic N) is 3. The number of carboxylic acid groups (broad SMARTS) is 1. The highest BCUT2D eigenvalue weighted by atomic mass is 16.6. The standard InChI is InChI=1S/C13H17N3O5/c1-8(17)9-2-4-15(5-3-9)12-6-10(13(18)19)11(7-14-12)16(20)21/h6-9,17H,2-5H2,1H3,(H,18,19). The molecule has 1 unspecified atom stereocenters. The molecule has 114 valence electrons. The molecule has 8 nitrogen and oxygen atoms in total. The Labute approximate surface area is 121 Å². The zero-order valence-electron chi connectivity index (χ0n) is 11.6. The predicted octanol–water partition coefficient (Wildman–Crippen LogP) is 1.29. The molecular formula is C13H17N3O5. The largest absolute Gasteiger partial charge is 0.477 e. The van der Waals surface area contributed by atoms with E-state index in [0.717, 1.165) is 19.0 Å². The van der Waals surface area contributed by atoms with Crippen LogP contribution in [0.2, 0.25) is 0 Å². The van der Waals surface area contributed by atoms with E-state index < -0.39 is 16.6 Å². The lowest BCUT2D eigenvalue weighted by atomic mass is 9.92. The number of rotatable bonds is 4. The highest BCUT2D eigenvalue weighted by Crippen LogP contribution is 2.27. The molecule has 1 aromatic heterocycles. The molecule has 1 aromatic rings. The van der Waals surface area contributed by atoms with Crippen molar-refractivity contribution in [3.8, 4) is 0 Å². The van der Waals surface area contributed by atoms with Crippen molar-refractivity contribution in [2.24, 2.45) is 5.92 Å². The van der Waals surface area contributed by atoms with Crippen LogP contribution in [0, 0.1) is 16.0 Å². The molecule has 0 saturated carbocycles. The van der Waals surface area contributed by atoms with Gasteiger partial charge in [0.25, 0.3) is 0 Å². The minimum absolute atomic E-state index is 0.221. The average Bonchev–Trinajstić information content (AvgIpc) is 2.46. The summed E-state index contributed by atoms with van der Waals surface area (Å²) in [7, 11) is 0. The molecule has 1 saturated heterocycles. The van der Waals surface area contributed by atoms with Crippen molar-refractivity contribution < 1.29 is 19.9 Å². The second-order valence-corrected chi connectivity index (χ2v) is 5.19. The maximum Gasteiger partial charge on any atom is 0.342 e. The van der Waals surface area contributed by atoms with Crippen molar-refractivity contribution in [1.29, 1.82) is 0 Å². The van der Waals surface area contributed by atoms with Gasteiger partial charge in [-0.15, -0.1) is 0 Å². The van der Waals surface area contributed by atoms with Crippen LogP contribution in [-0.4, -0.2) is 45.3 Å². The number of pyridine rings is 1. The van der Waals surface area contributed by atoms with Crippen LogP contribution in [0.25, 0.3) is 0 Å². The molecular weight excluding hydrogens is 278 g/mol. The third-order valence-electron chi connectivity index (χ3n) is 3.84. The second-order valence-electron chi connectivity index (χ2n) is 5.19. The number of carboxylic acids is 1. The van der Waals surface area contributed by atoms with E-state index >= 15 is 0 Å². The van der Waals surface area contributed by atoms with Crippen LogP contribution < -0.4 is 4.90 Å². The Morgan fingerprint density at radius 2 is 2.14 bits per heavy atom. The summed E-state index contributed by atoms with van der Waals surface area (Å²) in [6.45, 7) is 3.03. The summed E-state index contributed by atoms with van der Waals surface area (Å²) in [4.78, 5) is 27.0. The highest BCUT2D eigenvalue weighted by molar-refractivity contribution is 5.93. The molecule has 1 aliphatic rings. The van der Waals surface area contributed by atoms with Crippen LogP contribution in [0.3, 0.4) is 0 Å². The van der Waals surface area contributed by atoms with Gasteiger partial charge in [0.05, 0.1) is 11.0 Å². The van der Waals surface area contributed by atoms with Gasteiger partial charge >= 0.3 is 11.7 Å². The summed E-state index contributed by atoms with van der Waals surface area (Å²) in [5.41, 5.74) is -0.868. The fraction of sp³-hybridized carbons (Fsp3) is 0.538. The number of carbonyl (C=O) groups is 1. The maximum absolute atomic E-state index is 11.1. The number of aliphatic hydroxyl groups excluding tert-OH is 1. The number of aliphatic hydroxyl groups is 1. The van der Waals surface area contributed by atoms with Gasteiger partial charge in [-0.2, -0.15) is 0 Å². The number of hydrogen-bond acceptors (Lipinski definition) is 6. The van der Waals surface area contributed by atoms with E-state index in [2.05, 4.69) is 4.98 Å². The molecule has 8 heteroatoms. The molecule has 0 radical (unpaired) electrons. The molecule has 2 rings (SSSR count). The quantitative estimate of drug-likeness (QED) is 0.634. The molecule has 1 fully saturated rings. The lowest BCUT2D eigenvalue weighted by Crippen LogP contribution is -2.37. The monoisotopic (exact) mass is 295 g/mol. The van der Waals surface area contributed by atoms with Crippen molar-refractivity contribution >= 4 is 17.5 Å². The van der Waals surface area contributed by atoms with Crippen molar-refractivity contribution in [2.45, 2.75) is 25.9 Å². The summed E-state index contributed by atoms with van der Waals surface area (Å²) in [5.74, 6) is -0.704. The SMILES string of the molecule is CC(O)C1CCN(c2cc(C(=O)O)c([N+](=O)[O-])cn2)CC1. The first kappa shape index (κ1) is 15.2. The highest BCUT2D eigenvalue weighted by Gasteiger charge is 2.26. The van der Waals surface area contributed by atoms with Crippen LogP contribution in [0.15, 0.2) is 12.3 Å². The van der Waals surface area contributed by atoms with Crippen molar-refractivity contribution in [2.75, 3.05) is 18.0 Å².